The summed E-state index contributed by atoms with van der Waals surface area (Å²) in [6.07, 6.45) is 0.505. The first-order valence-electron chi connectivity index (χ1n) is 6.39. The Morgan fingerprint density at radius 1 is 1.28 bits per heavy atom. The van der Waals surface area contributed by atoms with Crippen molar-refractivity contribution < 1.29 is 14.6 Å². The Morgan fingerprint density at radius 2 is 1.89 bits per heavy atom. The molecule has 0 spiro atoms. The minimum atomic E-state index is -0.744. The second kappa shape index (κ2) is 7.45. The lowest BCUT2D eigenvalue weighted by molar-refractivity contribution is -0.189. The molecule has 1 heterocycles. The summed E-state index contributed by atoms with van der Waals surface area (Å²) >= 11 is 0. The van der Waals surface area contributed by atoms with Crippen LogP contribution >= 0.6 is 0 Å². The molecular weight excluding hydrogens is 234 g/mol. The van der Waals surface area contributed by atoms with Gasteiger partial charge in [-0.2, -0.15) is 5.10 Å². The van der Waals surface area contributed by atoms with Crippen LogP contribution in [0.3, 0.4) is 0 Å². The number of aromatic nitrogens is 3. The maximum absolute atomic E-state index is 10.1. The molecule has 1 unspecified atom stereocenters. The Hall–Kier alpha value is -0.980. The van der Waals surface area contributed by atoms with Gasteiger partial charge in [-0.15, -0.1) is 0 Å². The van der Waals surface area contributed by atoms with Crippen LogP contribution in [0.25, 0.3) is 0 Å². The zero-order valence-corrected chi connectivity index (χ0v) is 11.5. The minimum absolute atomic E-state index is 0.215. The topological polar surface area (TPSA) is 69.4 Å². The summed E-state index contributed by atoms with van der Waals surface area (Å²) in [6, 6.07) is 0.215. The van der Waals surface area contributed by atoms with Gasteiger partial charge in [0.25, 0.3) is 0 Å². The summed E-state index contributed by atoms with van der Waals surface area (Å²) in [4.78, 5) is 4.16. The van der Waals surface area contributed by atoms with Crippen molar-refractivity contribution in [3.8, 4) is 0 Å². The van der Waals surface area contributed by atoms with Gasteiger partial charge in [0, 0.05) is 25.7 Å². The summed E-state index contributed by atoms with van der Waals surface area (Å²) < 4.78 is 12.5. The van der Waals surface area contributed by atoms with E-state index in [1.165, 1.54) is 6.33 Å². The van der Waals surface area contributed by atoms with Gasteiger partial charge in [0.15, 0.2) is 6.29 Å². The third-order valence-corrected chi connectivity index (χ3v) is 2.50. The van der Waals surface area contributed by atoms with Gasteiger partial charge in [-0.05, 0) is 27.7 Å². The van der Waals surface area contributed by atoms with Gasteiger partial charge >= 0.3 is 0 Å². The molecule has 0 saturated heterocycles. The number of nitrogens with zero attached hydrogens (tertiary/aromatic N) is 3. The standard InChI is InChI=1S/C12H23N3O3/c1-5-17-12(18-6-2)10(16)7-11-13-8-14-15(11)9(3)4/h8-10,12,16H,5-7H2,1-4H3. The highest BCUT2D eigenvalue weighted by Crippen LogP contribution is 2.11. The van der Waals surface area contributed by atoms with Gasteiger partial charge < -0.3 is 14.6 Å². The smallest absolute Gasteiger partial charge is 0.183 e. The average molecular weight is 257 g/mol. The van der Waals surface area contributed by atoms with Crippen LogP contribution in [0.15, 0.2) is 6.33 Å². The van der Waals surface area contributed by atoms with Gasteiger partial charge in [0.2, 0.25) is 0 Å². The van der Waals surface area contributed by atoms with Crippen molar-refractivity contribution in [3.05, 3.63) is 12.2 Å². The Balaban J connectivity index is 2.66. The van der Waals surface area contributed by atoms with Crippen LogP contribution < -0.4 is 0 Å². The van der Waals surface area contributed by atoms with E-state index in [2.05, 4.69) is 10.1 Å². The SMILES string of the molecule is CCOC(OCC)C(O)Cc1ncnn1C(C)C. The molecule has 104 valence electrons. The lowest BCUT2D eigenvalue weighted by Gasteiger charge is -2.22. The molecule has 0 bridgehead atoms. The molecule has 0 aromatic carbocycles. The quantitative estimate of drug-likeness (QED) is 0.708. The maximum atomic E-state index is 10.1. The van der Waals surface area contributed by atoms with Crippen LogP contribution in [0.2, 0.25) is 0 Å². The zero-order chi connectivity index (χ0) is 13.5. The van der Waals surface area contributed by atoms with Crippen LogP contribution in [-0.2, 0) is 15.9 Å². The van der Waals surface area contributed by atoms with Crippen molar-refractivity contribution in [1.29, 1.82) is 0 Å². The molecule has 0 aliphatic heterocycles. The maximum Gasteiger partial charge on any atom is 0.183 e. The summed E-state index contributed by atoms with van der Waals surface area (Å²) in [5.41, 5.74) is 0. The molecule has 0 fully saturated rings. The van der Waals surface area contributed by atoms with Crippen molar-refractivity contribution in [1.82, 2.24) is 14.8 Å². The first-order valence-corrected chi connectivity index (χ1v) is 6.39. The number of aliphatic hydroxyl groups is 1. The van der Waals surface area contributed by atoms with Gasteiger partial charge in [0.1, 0.15) is 18.3 Å². The van der Waals surface area contributed by atoms with E-state index in [-0.39, 0.29) is 6.04 Å². The Kier molecular flexibility index (Phi) is 6.24. The third kappa shape index (κ3) is 4.04. The number of ether oxygens (including phenoxy) is 2. The Morgan fingerprint density at radius 3 is 2.39 bits per heavy atom. The van der Waals surface area contributed by atoms with Crippen LogP contribution in [0, 0.1) is 0 Å². The predicted octanol–water partition coefficient (Wildman–Crippen LogP) is 1.16. The molecule has 1 N–H and O–H groups in total. The normalized spacial score (nSPS) is 13.5. The lowest BCUT2D eigenvalue weighted by atomic mass is 10.2. The summed E-state index contributed by atoms with van der Waals surface area (Å²) in [6.45, 7) is 8.78. The monoisotopic (exact) mass is 257 g/mol. The summed E-state index contributed by atoms with van der Waals surface area (Å²) in [5.74, 6) is 0.738. The fourth-order valence-corrected chi connectivity index (χ4v) is 1.73. The predicted molar refractivity (Wildman–Crippen MR) is 67.2 cm³/mol. The van der Waals surface area contributed by atoms with E-state index in [0.29, 0.717) is 19.6 Å². The molecule has 1 rings (SSSR count). The molecule has 6 heteroatoms. The molecule has 18 heavy (non-hydrogen) atoms. The second-order valence-corrected chi connectivity index (χ2v) is 4.27. The van der Waals surface area contributed by atoms with Crippen LogP contribution in [0.1, 0.15) is 39.6 Å². The van der Waals surface area contributed by atoms with Crippen LogP contribution in [0.5, 0.6) is 0 Å². The fourth-order valence-electron chi connectivity index (χ4n) is 1.73. The molecule has 1 aromatic rings. The molecule has 1 atom stereocenters. The summed E-state index contributed by atoms with van der Waals surface area (Å²) in [5, 5.41) is 14.3. The van der Waals surface area contributed by atoms with E-state index < -0.39 is 12.4 Å². The van der Waals surface area contributed by atoms with Crippen LogP contribution in [-0.4, -0.2) is 45.5 Å². The fraction of sp³-hybridized carbons (Fsp3) is 0.833. The highest BCUT2D eigenvalue weighted by Gasteiger charge is 2.22. The zero-order valence-electron chi connectivity index (χ0n) is 11.5. The molecule has 0 aliphatic rings. The van der Waals surface area contributed by atoms with Gasteiger partial charge in [-0.1, -0.05) is 0 Å². The van der Waals surface area contributed by atoms with E-state index in [0.717, 1.165) is 5.82 Å². The van der Waals surface area contributed by atoms with Gasteiger partial charge in [0.05, 0.1) is 0 Å². The minimum Gasteiger partial charge on any atom is -0.387 e. The Bertz CT molecular complexity index is 335. The molecule has 6 nitrogen and oxygen atoms in total. The molecule has 1 aromatic heterocycles. The van der Waals surface area contributed by atoms with Gasteiger partial charge in [-0.25, -0.2) is 9.67 Å². The Labute approximate surface area is 108 Å². The number of hydrogen-bond donors (Lipinski definition) is 1. The lowest BCUT2D eigenvalue weighted by Crippen LogP contribution is -2.34. The van der Waals surface area contributed by atoms with Crippen molar-refractivity contribution in [2.45, 2.75) is 52.6 Å². The molecule has 0 amide bonds. The van der Waals surface area contributed by atoms with Gasteiger partial charge in [-0.3, -0.25) is 0 Å². The second-order valence-electron chi connectivity index (χ2n) is 4.27. The van der Waals surface area contributed by atoms with Crippen LogP contribution in [0.4, 0.5) is 0 Å². The first-order chi connectivity index (χ1) is 8.60. The highest BCUT2D eigenvalue weighted by atomic mass is 16.7. The average Bonchev–Trinajstić information content (AvgIpc) is 2.77. The van der Waals surface area contributed by atoms with E-state index in [9.17, 15) is 5.11 Å². The largest absolute Gasteiger partial charge is 0.387 e. The van der Waals surface area contributed by atoms with E-state index in [4.69, 9.17) is 9.47 Å². The third-order valence-electron chi connectivity index (χ3n) is 2.50. The number of aliphatic hydroxyl groups excluding tert-OH is 1. The molecular formula is C12H23N3O3. The molecule has 0 saturated carbocycles. The van der Waals surface area contributed by atoms with E-state index in [1.807, 2.05) is 27.7 Å². The highest BCUT2D eigenvalue weighted by molar-refractivity contribution is 4.90. The van der Waals surface area contributed by atoms with E-state index >= 15 is 0 Å². The van der Waals surface area contributed by atoms with Crippen molar-refractivity contribution in [3.63, 3.8) is 0 Å². The number of hydrogen-bond acceptors (Lipinski definition) is 5. The first kappa shape index (κ1) is 15.1. The number of rotatable bonds is 8. The van der Waals surface area contributed by atoms with E-state index in [1.54, 1.807) is 4.68 Å². The van der Waals surface area contributed by atoms with Crippen molar-refractivity contribution >= 4 is 0 Å². The van der Waals surface area contributed by atoms with Crippen molar-refractivity contribution in [2.75, 3.05) is 13.2 Å². The summed E-state index contributed by atoms with van der Waals surface area (Å²) in [7, 11) is 0. The molecule has 0 aliphatic carbocycles. The van der Waals surface area contributed by atoms with Crippen molar-refractivity contribution in [2.24, 2.45) is 0 Å². The molecule has 0 radical (unpaired) electrons.